The van der Waals surface area contributed by atoms with Gasteiger partial charge in [-0.3, -0.25) is 19.7 Å². The molecule has 130 valence electrons. The fourth-order valence-electron chi connectivity index (χ4n) is 2.81. The van der Waals surface area contributed by atoms with Crippen molar-refractivity contribution in [1.29, 1.82) is 0 Å². The quantitative estimate of drug-likeness (QED) is 0.448. The molecule has 1 aromatic carbocycles. The van der Waals surface area contributed by atoms with Gasteiger partial charge in [0.25, 0.3) is 5.69 Å². The van der Waals surface area contributed by atoms with Crippen molar-refractivity contribution >= 4 is 23.3 Å². The largest absolute Gasteiger partial charge is 0.481 e. The van der Waals surface area contributed by atoms with Crippen LogP contribution in [0.2, 0.25) is 0 Å². The molecule has 0 saturated carbocycles. The Kier molecular flexibility index (Phi) is 6.11. The van der Waals surface area contributed by atoms with Gasteiger partial charge in [-0.25, -0.2) is 0 Å². The Bertz CT molecular complexity index is 619. The first kappa shape index (κ1) is 17.7. The smallest absolute Gasteiger partial charge is 0.308 e. The summed E-state index contributed by atoms with van der Waals surface area (Å²) in [6.07, 6.45) is 2.13. The van der Waals surface area contributed by atoms with Crippen molar-refractivity contribution in [1.82, 2.24) is 4.90 Å². The monoisotopic (exact) mass is 335 g/mol. The zero-order chi connectivity index (χ0) is 17.5. The number of amides is 1. The molecule has 1 aliphatic rings. The summed E-state index contributed by atoms with van der Waals surface area (Å²) in [7, 11) is 0. The van der Waals surface area contributed by atoms with E-state index in [1.165, 1.54) is 6.07 Å². The van der Waals surface area contributed by atoms with Gasteiger partial charge >= 0.3 is 5.97 Å². The number of nitro groups is 1. The van der Waals surface area contributed by atoms with Crippen molar-refractivity contribution in [3.8, 4) is 0 Å². The number of carboxylic acid groups (broad SMARTS) is 1. The van der Waals surface area contributed by atoms with Crippen molar-refractivity contribution in [3.05, 3.63) is 34.4 Å². The molecule has 0 radical (unpaired) electrons. The lowest BCUT2D eigenvalue weighted by molar-refractivity contribution is -0.384. The van der Waals surface area contributed by atoms with Gasteiger partial charge in [-0.05, 0) is 25.3 Å². The molecule has 0 aliphatic carbocycles. The van der Waals surface area contributed by atoms with Crippen LogP contribution in [0.4, 0.5) is 11.4 Å². The molecule has 2 N–H and O–H groups in total. The van der Waals surface area contributed by atoms with Gasteiger partial charge in [0.2, 0.25) is 5.91 Å². The van der Waals surface area contributed by atoms with Crippen LogP contribution in [0.3, 0.4) is 0 Å². The number of nitro benzene ring substituents is 1. The average Bonchev–Trinajstić information content (AvgIpc) is 2.58. The molecule has 0 bridgehead atoms. The molecule has 24 heavy (non-hydrogen) atoms. The van der Waals surface area contributed by atoms with Crippen LogP contribution in [-0.2, 0) is 9.59 Å². The van der Waals surface area contributed by atoms with E-state index in [1.807, 2.05) is 0 Å². The molecule has 1 fully saturated rings. The summed E-state index contributed by atoms with van der Waals surface area (Å²) >= 11 is 0. The highest BCUT2D eigenvalue weighted by atomic mass is 16.6. The van der Waals surface area contributed by atoms with Crippen LogP contribution in [-0.4, -0.2) is 46.4 Å². The zero-order valence-corrected chi connectivity index (χ0v) is 13.3. The number of piperidine rings is 1. The van der Waals surface area contributed by atoms with Crippen LogP contribution < -0.4 is 5.32 Å². The van der Waals surface area contributed by atoms with Gasteiger partial charge in [-0.15, -0.1) is 0 Å². The predicted octanol–water partition coefficient (Wildman–Crippen LogP) is 2.11. The number of hydrogen-bond donors (Lipinski definition) is 2. The first-order valence-corrected chi connectivity index (χ1v) is 7.97. The third kappa shape index (κ3) is 4.68. The second-order valence-electron chi connectivity index (χ2n) is 5.82. The summed E-state index contributed by atoms with van der Waals surface area (Å²) in [5.41, 5.74) is 0.433. The lowest BCUT2D eigenvalue weighted by atomic mass is 9.98. The molecular formula is C16H21N3O5. The third-order valence-electron chi connectivity index (χ3n) is 4.11. The molecule has 0 aromatic heterocycles. The molecule has 1 heterocycles. The van der Waals surface area contributed by atoms with Crippen LogP contribution in [0.1, 0.15) is 25.7 Å². The predicted molar refractivity (Wildman–Crippen MR) is 87.8 cm³/mol. The second-order valence-corrected chi connectivity index (χ2v) is 5.82. The number of benzene rings is 1. The van der Waals surface area contributed by atoms with Gasteiger partial charge in [0, 0.05) is 32.1 Å². The lowest BCUT2D eigenvalue weighted by Crippen LogP contribution is -2.42. The molecule has 1 saturated heterocycles. The highest BCUT2D eigenvalue weighted by Crippen LogP contribution is 2.23. The summed E-state index contributed by atoms with van der Waals surface area (Å²) in [5, 5.41) is 22.9. The zero-order valence-electron chi connectivity index (χ0n) is 13.3. The average molecular weight is 335 g/mol. The normalized spacial score (nSPS) is 17.3. The number of hydrogen-bond acceptors (Lipinski definition) is 5. The van der Waals surface area contributed by atoms with Gasteiger partial charge in [0.15, 0.2) is 0 Å². The number of carbonyl (C=O) groups is 2. The molecular weight excluding hydrogens is 314 g/mol. The maximum atomic E-state index is 12.1. The Morgan fingerprint density at radius 1 is 1.38 bits per heavy atom. The topological polar surface area (TPSA) is 113 Å². The van der Waals surface area contributed by atoms with E-state index in [9.17, 15) is 19.7 Å². The molecule has 8 nitrogen and oxygen atoms in total. The Labute approximate surface area is 139 Å². The Morgan fingerprint density at radius 3 is 2.83 bits per heavy atom. The Hall–Kier alpha value is -2.64. The summed E-state index contributed by atoms with van der Waals surface area (Å²) < 4.78 is 0. The van der Waals surface area contributed by atoms with Crippen LogP contribution in [0, 0.1) is 16.0 Å². The van der Waals surface area contributed by atoms with E-state index in [-0.39, 0.29) is 18.1 Å². The van der Waals surface area contributed by atoms with Crippen LogP contribution >= 0.6 is 0 Å². The van der Waals surface area contributed by atoms with Crippen molar-refractivity contribution in [2.75, 3.05) is 25.0 Å². The van der Waals surface area contributed by atoms with E-state index in [0.29, 0.717) is 44.5 Å². The van der Waals surface area contributed by atoms with Gasteiger partial charge in [-0.2, -0.15) is 0 Å². The Balaban J connectivity index is 1.77. The minimum Gasteiger partial charge on any atom is -0.481 e. The third-order valence-corrected chi connectivity index (χ3v) is 4.11. The fraction of sp³-hybridized carbons (Fsp3) is 0.500. The summed E-state index contributed by atoms with van der Waals surface area (Å²) in [6.45, 7) is 1.30. The van der Waals surface area contributed by atoms with E-state index >= 15 is 0 Å². The number of anilines is 1. The van der Waals surface area contributed by atoms with E-state index in [2.05, 4.69) is 5.32 Å². The second kappa shape index (κ2) is 8.28. The van der Waals surface area contributed by atoms with Gasteiger partial charge < -0.3 is 15.3 Å². The molecule has 1 amide bonds. The molecule has 0 spiro atoms. The molecule has 2 rings (SSSR count). The maximum Gasteiger partial charge on any atom is 0.308 e. The number of aliphatic carboxylic acids is 1. The first-order valence-electron chi connectivity index (χ1n) is 7.97. The van der Waals surface area contributed by atoms with Crippen LogP contribution in [0.25, 0.3) is 0 Å². The van der Waals surface area contributed by atoms with Gasteiger partial charge in [-0.1, -0.05) is 12.1 Å². The number of carbonyl (C=O) groups excluding carboxylic acids is 1. The number of para-hydroxylation sites is 2. The summed E-state index contributed by atoms with van der Waals surface area (Å²) in [6, 6.07) is 6.36. The molecule has 1 atom stereocenters. The Morgan fingerprint density at radius 2 is 2.12 bits per heavy atom. The van der Waals surface area contributed by atoms with Crippen molar-refractivity contribution in [2.24, 2.45) is 5.92 Å². The van der Waals surface area contributed by atoms with E-state index in [0.717, 1.165) is 0 Å². The minimum absolute atomic E-state index is 0.00385. The summed E-state index contributed by atoms with van der Waals surface area (Å²) in [4.78, 5) is 35.2. The minimum atomic E-state index is -0.856. The SMILES string of the molecule is O=C(O)[C@H]1CCCN(C(=O)CCCNc2ccccc2[N+](=O)[O-])C1. The lowest BCUT2D eigenvalue weighted by Gasteiger charge is -2.30. The van der Waals surface area contributed by atoms with E-state index in [4.69, 9.17) is 5.11 Å². The van der Waals surface area contributed by atoms with E-state index < -0.39 is 16.8 Å². The standard InChI is InChI=1S/C16H21N3O5/c20-15(18-10-4-5-12(11-18)16(21)22)8-3-9-17-13-6-1-2-7-14(13)19(23)24/h1-2,6-7,12,17H,3-5,8-11H2,(H,21,22)/t12-/m0/s1. The van der Waals surface area contributed by atoms with Gasteiger partial charge in [0.05, 0.1) is 10.8 Å². The fourth-order valence-corrected chi connectivity index (χ4v) is 2.81. The first-order chi connectivity index (χ1) is 11.5. The van der Waals surface area contributed by atoms with Crippen molar-refractivity contribution in [3.63, 3.8) is 0 Å². The van der Waals surface area contributed by atoms with Gasteiger partial charge in [0.1, 0.15) is 5.69 Å². The number of nitrogens with zero attached hydrogens (tertiary/aromatic N) is 2. The number of carboxylic acids is 1. The van der Waals surface area contributed by atoms with Crippen molar-refractivity contribution in [2.45, 2.75) is 25.7 Å². The maximum absolute atomic E-state index is 12.1. The highest BCUT2D eigenvalue weighted by Gasteiger charge is 2.27. The molecule has 0 unspecified atom stereocenters. The number of likely N-dealkylation sites (tertiary alicyclic amines) is 1. The molecule has 1 aliphatic heterocycles. The van der Waals surface area contributed by atoms with Crippen LogP contribution in [0.15, 0.2) is 24.3 Å². The summed E-state index contributed by atoms with van der Waals surface area (Å²) in [5.74, 6) is -1.40. The number of rotatable bonds is 7. The molecule has 1 aromatic rings. The highest BCUT2D eigenvalue weighted by molar-refractivity contribution is 5.78. The number of nitrogens with one attached hydrogen (secondary N) is 1. The van der Waals surface area contributed by atoms with Crippen molar-refractivity contribution < 1.29 is 19.6 Å². The molecule has 8 heteroatoms. The van der Waals surface area contributed by atoms with Crippen LogP contribution in [0.5, 0.6) is 0 Å². The van der Waals surface area contributed by atoms with E-state index in [1.54, 1.807) is 23.1 Å².